The van der Waals surface area contributed by atoms with Crippen LogP contribution in [0.2, 0.25) is 0 Å². The Kier molecular flexibility index (Phi) is 4.55. The summed E-state index contributed by atoms with van der Waals surface area (Å²) >= 11 is 6.13. The highest BCUT2D eigenvalue weighted by Crippen LogP contribution is 2.25. The van der Waals surface area contributed by atoms with Crippen molar-refractivity contribution in [1.82, 2.24) is 0 Å². The number of hydrogen-bond acceptors (Lipinski definition) is 1. The van der Waals surface area contributed by atoms with Gasteiger partial charge in [-0.05, 0) is 57.0 Å². The van der Waals surface area contributed by atoms with E-state index in [-0.39, 0.29) is 10.2 Å². The first kappa shape index (κ1) is 15.1. The molecule has 0 saturated heterocycles. The second-order valence-electron chi connectivity index (χ2n) is 4.18. The van der Waals surface area contributed by atoms with Crippen molar-refractivity contribution in [1.29, 1.82) is 0 Å². The first-order valence-electron chi connectivity index (χ1n) is 5.60. The van der Waals surface area contributed by atoms with Crippen molar-refractivity contribution in [3.05, 3.63) is 62.0 Å². The SMILES string of the molecule is Cc1ccc(Br)c(C(=O)Nc2cc(F)c(Br)cc2F)c1. The van der Waals surface area contributed by atoms with Gasteiger partial charge in [-0.15, -0.1) is 0 Å². The molecule has 0 aromatic heterocycles. The van der Waals surface area contributed by atoms with Gasteiger partial charge >= 0.3 is 0 Å². The summed E-state index contributed by atoms with van der Waals surface area (Å²) in [6, 6.07) is 7.12. The average Bonchev–Trinajstić information content (AvgIpc) is 2.38. The van der Waals surface area contributed by atoms with Crippen molar-refractivity contribution >= 4 is 43.5 Å². The second kappa shape index (κ2) is 6.01. The van der Waals surface area contributed by atoms with E-state index in [1.807, 2.05) is 13.0 Å². The third kappa shape index (κ3) is 3.24. The van der Waals surface area contributed by atoms with Gasteiger partial charge in [0, 0.05) is 10.5 Å². The summed E-state index contributed by atoms with van der Waals surface area (Å²) in [5.74, 6) is -1.87. The molecule has 2 rings (SSSR count). The Balaban J connectivity index is 2.32. The van der Waals surface area contributed by atoms with Crippen LogP contribution in [0.25, 0.3) is 0 Å². The van der Waals surface area contributed by atoms with Gasteiger partial charge in [-0.3, -0.25) is 4.79 Å². The second-order valence-corrected chi connectivity index (χ2v) is 5.89. The fraction of sp³-hybridized carbons (Fsp3) is 0.0714. The van der Waals surface area contributed by atoms with Crippen LogP contribution in [0.4, 0.5) is 14.5 Å². The van der Waals surface area contributed by atoms with Gasteiger partial charge in [-0.25, -0.2) is 8.78 Å². The van der Waals surface area contributed by atoms with Gasteiger partial charge in [0.15, 0.2) is 0 Å². The van der Waals surface area contributed by atoms with Gasteiger partial charge in [0.2, 0.25) is 0 Å². The number of carbonyl (C=O) groups excluding carboxylic acids is 1. The molecule has 1 N–H and O–H groups in total. The number of nitrogens with one attached hydrogen (secondary N) is 1. The van der Waals surface area contributed by atoms with Gasteiger partial charge < -0.3 is 5.32 Å². The molecule has 1 amide bonds. The van der Waals surface area contributed by atoms with Crippen molar-refractivity contribution in [2.75, 3.05) is 5.32 Å². The van der Waals surface area contributed by atoms with Gasteiger partial charge in [-0.1, -0.05) is 11.6 Å². The Morgan fingerprint density at radius 1 is 1.05 bits per heavy atom. The van der Waals surface area contributed by atoms with Crippen LogP contribution < -0.4 is 5.32 Å². The van der Waals surface area contributed by atoms with Crippen LogP contribution in [0, 0.1) is 18.6 Å². The van der Waals surface area contributed by atoms with Crippen LogP contribution in [0.5, 0.6) is 0 Å². The van der Waals surface area contributed by atoms with Crippen LogP contribution in [0.15, 0.2) is 39.3 Å². The predicted octanol–water partition coefficient (Wildman–Crippen LogP) is 5.05. The normalized spacial score (nSPS) is 10.4. The lowest BCUT2D eigenvalue weighted by molar-refractivity contribution is 0.102. The summed E-state index contributed by atoms with van der Waals surface area (Å²) in [5.41, 5.74) is 1.04. The highest BCUT2D eigenvalue weighted by Gasteiger charge is 2.14. The van der Waals surface area contributed by atoms with Crippen LogP contribution in [-0.4, -0.2) is 5.91 Å². The predicted molar refractivity (Wildman–Crippen MR) is 80.9 cm³/mol. The topological polar surface area (TPSA) is 29.1 Å². The summed E-state index contributed by atoms with van der Waals surface area (Å²) in [5, 5.41) is 2.36. The number of aryl methyl sites for hydroxylation is 1. The van der Waals surface area contributed by atoms with Crippen molar-refractivity contribution in [3.63, 3.8) is 0 Å². The Morgan fingerprint density at radius 2 is 1.75 bits per heavy atom. The Bertz CT molecular complexity index is 689. The zero-order valence-electron chi connectivity index (χ0n) is 10.3. The van der Waals surface area contributed by atoms with Gasteiger partial charge in [0.05, 0.1) is 15.7 Å². The summed E-state index contributed by atoms with van der Waals surface area (Å²) < 4.78 is 27.6. The molecule has 0 radical (unpaired) electrons. The van der Waals surface area contributed by atoms with E-state index in [2.05, 4.69) is 37.2 Å². The molecule has 0 bridgehead atoms. The molecular formula is C14H9Br2F2NO. The van der Waals surface area contributed by atoms with Gasteiger partial charge in [0.1, 0.15) is 11.6 Å². The lowest BCUT2D eigenvalue weighted by Crippen LogP contribution is -2.14. The largest absolute Gasteiger partial charge is 0.319 e. The maximum Gasteiger partial charge on any atom is 0.256 e. The zero-order valence-corrected chi connectivity index (χ0v) is 13.5. The smallest absolute Gasteiger partial charge is 0.256 e. The number of carbonyl (C=O) groups is 1. The van der Waals surface area contributed by atoms with Crippen molar-refractivity contribution in [2.45, 2.75) is 6.92 Å². The molecule has 2 aromatic carbocycles. The first-order chi connectivity index (χ1) is 9.38. The molecule has 2 aromatic rings. The molecule has 0 spiro atoms. The highest BCUT2D eigenvalue weighted by atomic mass is 79.9. The van der Waals surface area contributed by atoms with Crippen LogP contribution in [-0.2, 0) is 0 Å². The monoisotopic (exact) mass is 403 g/mol. The molecule has 2 nitrogen and oxygen atoms in total. The lowest BCUT2D eigenvalue weighted by Gasteiger charge is -2.09. The van der Waals surface area contributed by atoms with E-state index >= 15 is 0 Å². The van der Waals surface area contributed by atoms with E-state index in [0.29, 0.717) is 10.0 Å². The minimum absolute atomic E-state index is 0.00438. The van der Waals surface area contributed by atoms with E-state index in [4.69, 9.17) is 0 Å². The minimum Gasteiger partial charge on any atom is -0.319 e. The van der Waals surface area contributed by atoms with E-state index in [9.17, 15) is 13.6 Å². The third-order valence-electron chi connectivity index (χ3n) is 2.62. The number of rotatable bonds is 2. The Hall–Kier alpha value is -1.27. The van der Waals surface area contributed by atoms with E-state index < -0.39 is 17.5 Å². The molecule has 0 atom stereocenters. The summed E-state index contributed by atoms with van der Waals surface area (Å²) in [6.45, 7) is 1.84. The molecule has 0 saturated carbocycles. The number of amides is 1. The van der Waals surface area contributed by atoms with E-state index in [1.54, 1.807) is 12.1 Å². The molecule has 104 valence electrons. The minimum atomic E-state index is -0.713. The van der Waals surface area contributed by atoms with Crippen LogP contribution >= 0.6 is 31.9 Å². The molecule has 0 heterocycles. The zero-order chi connectivity index (χ0) is 14.9. The summed E-state index contributed by atoms with van der Waals surface area (Å²) in [4.78, 5) is 12.1. The number of anilines is 1. The van der Waals surface area contributed by atoms with Crippen molar-refractivity contribution in [2.24, 2.45) is 0 Å². The number of hydrogen-bond donors (Lipinski definition) is 1. The Labute approximate surface area is 131 Å². The number of benzene rings is 2. The molecule has 6 heteroatoms. The third-order valence-corrected chi connectivity index (χ3v) is 3.92. The maximum absolute atomic E-state index is 13.7. The maximum atomic E-state index is 13.7. The molecule has 0 fully saturated rings. The van der Waals surface area contributed by atoms with Crippen LogP contribution in [0.3, 0.4) is 0 Å². The van der Waals surface area contributed by atoms with Gasteiger partial charge in [0.25, 0.3) is 5.91 Å². The standard InChI is InChI=1S/C14H9Br2F2NO/c1-7-2-3-9(15)8(4-7)14(20)19-13-6-11(17)10(16)5-12(13)18/h2-6H,1H3,(H,19,20). The lowest BCUT2D eigenvalue weighted by atomic mass is 10.1. The highest BCUT2D eigenvalue weighted by molar-refractivity contribution is 9.10. The summed E-state index contributed by atoms with van der Waals surface area (Å²) in [6.07, 6.45) is 0. The average molecular weight is 405 g/mol. The molecule has 0 aliphatic carbocycles. The molecule has 0 aliphatic heterocycles. The number of halogens is 4. The molecular weight excluding hydrogens is 396 g/mol. The van der Waals surface area contributed by atoms with E-state index in [0.717, 1.165) is 17.7 Å². The molecule has 0 aliphatic rings. The van der Waals surface area contributed by atoms with Gasteiger partial charge in [-0.2, -0.15) is 0 Å². The van der Waals surface area contributed by atoms with Crippen LogP contribution in [0.1, 0.15) is 15.9 Å². The fourth-order valence-corrected chi connectivity index (χ4v) is 2.36. The molecule has 0 unspecified atom stereocenters. The summed E-state index contributed by atoms with van der Waals surface area (Å²) in [7, 11) is 0. The van der Waals surface area contributed by atoms with Crippen molar-refractivity contribution < 1.29 is 13.6 Å². The Morgan fingerprint density at radius 3 is 2.45 bits per heavy atom. The quantitative estimate of drug-likeness (QED) is 0.697. The molecule has 20 heavy (non-hydrogen) atoms. The first-order valence-corrected chi connectivity index (χ1v) is 7.19. The van der Waals surface area contributed by atoms with E-state index in [1.165, 1.54) is 0 Å². The van der Waals surface area contributed by atoms with Crippen molar-refractivity contribution in [3.8, 4) is 0 Å². The fourth-order valence-electron chi connectivity index (χ4n) is 1.62.